The molecule has 0 saturated carbocycles. The van der Waals surface area contributed by atoms with Crippen molar-refractivity contribution in [2.75, 3.05) is 5.75 Å². The van der Waals surface area contributed by atoms with Crippen LogP contribution in [-0.2, 0) is 0 Å². The maximum Gasteiger partial charge on any atom is 0.257 e. The molecule has 0 spiro atoms. The lowest BCUT2D eigenvalue weighted by Crippen LogP contribution is -2.26. The zero-order valence-corrected chi connectivity index (χ0v) is 21.5. The van der Waals surface area contributed by atoms with Gasteiger partial charge in [0.2, 0.25) is 5.12 Å². The van der Waals surface area contributed by atoms with Crippen molar-refractivity contribution < 1.29 is 14.0 Å². The van der Waals surface area contributed by atoms with Gasteiger partial charge in [0.05, 0.1) is 17.8 Å². The fourth-order valence-electron chi connectivity index (χ4n) is 3.36. The van der Waals surface area contributed by atoms with E-state index in [1.807, 2.05) is 13.0 Å². The second-order valence-electron chi connectivity index (χ2n) is 9.11. The van der Waals surface area contributed by atoms with Gasteiger partial charge in [-0.15, -0.1) is 0 Å². The van der Waals surface area contributed by atoms with Gasteiger partial charge in [0, 0.05) is 30.9 Å². The summed E-state index contributed by atoms with van der Waals surface area (Å²) >= 11 is 7.59. The van der Waals surface area contributed by atoms with E-state index < -0.39 is 14.1 Å². The number of amides is 1. The highest BCUT2D eigenvalue weighted by Gasteiger charge is 2.22. The van der Waals surface area contributed by atoms with Crippen LogP contribution in [0.4, 0.5) is 0 Å². The van der Waals surface area contributed by atoms with E-state index >= 15 is 0 Å². The average molecular weight is 501 g/mol. The minimum absolute atomic E-state index is 0.0595. The van der Waals surface area contributed by atoms with E-state index in [0.717, 1.165) is 17.2 Å². The number of carbonyl (C=O) groups excluding carboxylic acids is 2. The normalized spacial score (nSPS) is 12.9. The first kappa shape index (κ1) is 23.5. The minimum atomic E-state index is -1.23. The number of hydrogen-bond donors (Lipinski definition) is 1. The molecule has 1 N–H and O–H groups in total. The summed E-state index contributed by atoms with van der Waals surface area (Å²) in [6.07, 6.45) is 4.82. The molecule has 33 heavy (non-hydrogen) atoms. The van der Waals surface area contributed by atoms with Crippen LogP contribution in [0.25, 0.3) is 16.6 Å². The van der Waals surface area contributed by atoms with Crippen molar-refractivity contribution >= 4 is 59.1 Å². The van der Waals surface area contributed by atoms with E-state index in [-0.39, 0.29) is 11.0 Å². The van der Waals surface area contributed by atoms with Crippen LogP contribution in [0.3, 0.4) is 0 Å². The van der Waals surface area contributed by atoms with Crippen molar-refractivity contribution in [3.63, 3.8) is 0 Å². The molecule has 1 amide bonds. The van der Waals surface area contributed by atoms with Crippen molar-refractivity contribution in [3.8, 4) is 0 Å². The Morgan fingerprint density at radius 1 is 1.24 bits per heavy atom. The summed E-state index contributed by atoms with van der Waals surface area (Å²) in [5.74, 6) is 0.995. The fraction of sp³-hybridized carbons (Fsp3) is 0.304. The summed E-state index contributed by atoms with van der Waals surface area (Å²) in [6.45, 7) is 8.67. The fourth-order valence-corrected chi connectivity index (χ4v) is 6.94. The number of fused-ring (bicyclic) bond motifs is 2. The number of thioether (sulfide) groups is 1. The van der Waals surface area contributed by atoms with Crippen molar-refractivity contribution in [3.05, 3.63) is 64.8 Å². The maximum atomic E-state index is 12.9. The summed E-state index contributed by atoms with van der Waals surface area (Å²) in [6, 6.07) is 7.57. The minimum Gasteiger partial charge on any atom is -0.458 e. The van der Waals surface area contributed by atoms with Gasteiger partial charge < -0.3 is 9.73 Å². The molecule has 3 aromatic heterocycles. The Hall–Kier alpha value is -2.62. The lowest BCUT2D eigenvalue weighted by Gasteiger charge is -2.14. The highest BCUT2D eigenvalue weighted by atomic mass is 35.5. The summed E-state index contributed by atoms with van der Waals surface area (Å²) in [5, 5.41) is 8.21. The monoisotopic (exact) mass is 500 g/mol. The quantitative estimate of drug-likeness (QED) is 0.321. The Labute approximate surface area is 201 Å². The molecule has 4 aromatic rings. The predicted octanol–water partition coefficient (Wildman–Crippen LogP) is 5.83. The number of rotatable bonds is 7. The molecule has 0 aliphatic carbocycles. The van der Waals surface area contributed by atoms with E-state index in [4.69, 9.17) is 16.0 Å². The highest BCUT2D eigenvalue weighted by molar-refractivity contribution is 8.14. The Balaban J connectivity index is 1.55. The molecule has 1 aromatic carbocycles. The molecule has 7 nitrogen and oxygen atoms in total. The van der Waals surface area contributed by atoms with Crippen LogP contribution < -0.4 is 5.32 Å². The Bertz CT molecular complexity index is 1340. The molecular weight excluding hydrogens is 476 g/mol. The molecule has 1 unspecified atom stereocenters. The molecule has 10 heteroatoms. The molecule has 172 valence electrons. The molecule has 0 aliphatic heterocycles. The van der Waals surface area contributed by atoms with Crippen LogP contribution in [0, 0.1) is 0 Å². The third-order valence-corrected chi connectivity index (χ3v) is 8.42. The van der Waals surface area contributed by atoms with Crippen LogP contribution in [0.15, 0.2) is 47.3 Å². The van der Waals surface area contributed by atoms with Crippen LogP contribution in [-0.4, -0.2) is 39.4 Å². The van der Waals surface area contributed by atoms with Crippen molar-refractivity contribution in [1.29, 1.82) is 0 Å². The third kappa shape index (κ3) is 5.31. The standard InChI is InChI=1S/C23H25ClN4O3SSi/c1-14(27-22(29)18-13-26-28-7-5-6-25-21(18)28)19-11-15-10-16(24)12-17(20(15)31-19)23(30)32-8-9-33(2,3)4/h5-7,10-14H,8-9H2,1-4H3,(H,27,29). The zero-order chi connectivity index (χ0) is 23.8. The van der Waals surface area contributed by atoms with Gasteiger partial charge >= 0.3 is 0 Å². The molecule has 0 radical (unpaired) electrons. The molecule has 0 fully saturated rings. The van der Waals surface area contributed by atoms with Gasteiger partial charge in [-0.25, -0.2) is 9.50 Å². The molecule has 4 rings (SSSR count). The predicted molar refractivity (Wildman–Crippen MR) is 135 cm³/mol. The number of carbonyl (C=O) groups is 2. The largest absolute Gasteiger partial charge is 0.458 e. The summed E-state index contributed by atoms with van der Waals surface area (Å²) in [5.41, 5.74) is 1.78. The lowest BCUT2D eigenvalue weighted by atomic mass is 10.1. The van der Waals surface area contributed by atoms with Crippen molar-refractivity contribution in [2.45, 2.75) is 38.7 Å². The number of halogens is 1. The lowest BCUT2D eigenvalue weighted by molar-refractivity contribution is 0.0936. The van der Waals surface area contributed by atoms with Gasteiger partial charge in [-0.1, -0.05) is 43.0 Å². The molecule has 1 atom stereocenters. The van der Waals surface area contributed by atoms with Crippen LogP contribution in [0.2, 0.25) is 30.7 Å². The Morgan fingerprint density at radius 2 is 2.03 bits per heavy atom. The molecule has 3 heterocycles. The van der Waals surface area contributed by atoms with Crippen molar-refractivity contribution in [2.24, 2.45) is 0 Å². The van der Waals surface area contributed by atoms with Gasteiger partial charge in [0.15, 0.2) is 5.65 Å². The third-order valence-electron chi connectivity index (χ3n) is 5.20. The average Bonchev–Trinajstić information content (AvgIpc) is 3.36. The molecule has 0 saturated heterocycles. The number of nitrogens with zero attached hydrogens (tertiary/aromatic N) is 3. The first-order chi connectivity index (χ1) is 15.6. The number of hydrogen-bond acceptors (Lipinski definition) is 6. The summed E-state index contributed by atoms with van der Waals surface area (Å²) < 4.78 is 7.60. The van der Waals surface area contributed by atoms with Gasteiger partial charge in [-0.2, -0.15) is 5.10 Å². The summed E-state index contributed by atoms with van der Waals surface area (Å²) in [7, 11) is -1.23. The summed E-state index contributed by atoms with van der Waals surface area (Å²) in [4.78, 5) is 30.0. The van der Waals surface area contributed by atoms with E-state index in [2.05, 4.69) is 35.0 Å². The van der Waals surface area contributed by atoms with Gasteiger partial charge in [-0.3, -0.25) is 9.59 Å². The first-order valence-electron chi connectivity index (χ1n) is 10.6. The Morgan fingerprint density at radius 3 is 2.79 bits per heavy atom. The van der Waals surface area contributed by atoms with Gasteiger partial charge in [0.1, 0.15) is 16.9 Å². The van der Waals surface area contributed by atoms with Gasteiger partial charge in [0.25, 0.3) is 5.91 Å². The topological polar surface area (TPSA) is 89.5 Å². The van der Waals surface area contributed by atoms with Crippen LogP contribution in [0.1, 0.15) is 39.4 Å². The second kappa shape index (κ2) is 9.32. The number of benzene rings is 1. The molecular formula is C23H25ClN4O3SSi. The Kier molecular flexibility index (Phi) is 6.65. The number of furan rings is 1. The SMILES string of the molecule is CC(NC(=O)c1cnn2cccnc12)c1cc2cc(Cl)cc(C(=O)SCC[Si](C)(C)C)c2o1. The molecule has 0 aliphatic rings. The number of aromatic nitrogens is 3. The zero-order valence-electron chi connectivity index (χ0n) is 18.9. The highest BCUT2D eigenvalue weighted by Crippen LogP contribution is 2.32. The van der Waals surface area contributed by atoms with E-state index in [1.54, 1.807) is 35.1 Å². The van der Waals surface area contributed by atoms with E-state index in [1.165, 1.54) is 18.0 Å². The van der Waals surface area contributed by atoms with E-state index in [9.17, 15) is 9.59 Å². The van der Waals surface area contributed by atoms with E-state index in [0.29, 0.717) is 33.1 Å². The maximum absolute atomic E-state index is 12.9. The second-order valence-corrected chi connectivity index (χ2v) is 16.2. The van der Waals surface area contributed by atoms with Gasteiger partial charge in [-0.05, 0) is 43.0 Å². The number of nitrogens with one attached hydrogen (secondary N) is 1. The molecule has 0 bridgehead atoms. The van der Waals surface area contributed by atoms with Crippen LogP contribution in [0.5, 0.6) is 0 Å². The first-order valence-corrected chi connectivity index (χ1v) is 15.7. The van der Waals surface area contributed by atoms with Crippen LogP contribution >= 0.6 is 23.4 Å². The van der Waals surface area contributed by atoms with Crippen molar-refractivity contribution in [1.82, 2.24) is 19.9 Å². The smallest absolute Gasteiger partial charge is 0.257 e.